The van der Waals surface area contributed by atoms with Crippen molar-refractivity contribution >= 4 is 33.6 Å². The van der Waals surface area contributed by atoms with Crippen LogP contribution < -0.4 is 15.5 Å². The molecule has 1 amide bonds. The Labute approximate surface area is 215 Å². The lowest BCUT2D eigenvalue weighted by Gasteiger charge is -2.27. The van der Waals surface area contributed by atoms with Crippen molar-refractivity contribution in [1.29, 1.82) is 0 Å². The Balaban J connectivity index is 1.59. The van der Waals surface area contributed by atoms with E-state index in [1.54, 1.807) is 23.8 Å². The first-order chi connectivity index (χ1) is 18.5. The predicted octanol–water partition coefficient (Wildman–Crippen LogP) is 4.26. The Morgan fingerprint density at radius 2 is 1.97 bits per heavy atom. The molecule has 10 heteroatoms. The van der Waals surface area contributed by atoms with E-state index in [-0.39, 0.29) is 42.0 Å². The fourth-order valence-corrected chi connectivity index (χ4v) is 4.77. The SMILES string of the molecule is CCOC(=O)CCNC(=O)c1cn2c3c(c(-n4ccnc4)c(F)cc3c1=O)Oc1ccc3ccccc3c1-2. The number of carbonyl (C=O) groups excluding carboxylic acids is 2. The van der Waals surface area contributed by atoms with Crippen LogP contribution in [0.5, 0.6) is 11.5 Å². The van der Waals surface area contributed by atoms with E-state index >= 15 is 4.39 Å². The van der Waals surface area contributed by atoms with Gasteiger partial charge in [0.2, 0.25) is 5.43 Å². The van der Waals surface area contributed by atoms with Crippen molar-refractivity contribution in [3.8, 4) is 22.9 Å². The lowest BCUT2D eigenvalue weighted by Crippen LogP contribution is -2.32. The van der Waals surface area contributed by atoms with Gasteiger partial charge in [0.1, 0.15) is 16.8 Å². The van der Waals surface area contributed by atoms with E-state index in [0.717, 1.165) is 16.8 Å². The average Bonchev–Trinajstić information content (AvgIpc) is 3.44. The molecule has 0 atom stereocenters. The molecule has 3 aromatic carbocycles. The van der Waals surface area contributed by atoms with Crippen molar-refractivity contribution in [2.45, 2.75) is 13.3 Å². The van der Waals surface area contributed by atoms with Crippen LogP contribution in [0.4, 0.5) is 4.39 Å². The van der Waals surface area contributed by atoms with Crippen molar-refractivity contribution in [1.82, 2.24) is 19.4 Å². The van der Waals surface area contributed by atoms with E-state index in [1.165, 1.54) is 23.3 Å². The van der Waals surface area contributed by atoms with Crippen molar-refractivity contribution in [2.24, 2.45) is 0 Å². The molecule has 0 aliphatic carbocycles. The van der Waals surface area contributed by atoms with E-state index in [1.807, 2.05) is 30.3 Å². The number of aromatic nitrogens is 3. The van der Waals surface area contributed by atoms with E-state index in [0.29, 0.717) is 17.0 Å². The van der Waals surface area contributed by atoms with Crippen molar-refractivity contribution in [3.05, 3.63) is 89.0 Å². The number of imidazole rings is 1. The smallest absolute Gasteiger partial charge is 0.307 e. The molecule has 1 N–H and O–H groups in total. The third-order valence-electron chi connectivity index (χ3n) is 6.41. The lowest BCUT2D eigenvalue weighted by molar-refractivity contribution is -0.142. The summed E-state index contributed by atoms with van der Waals surface area (Å²) in [4.78, 5) is 42.3. The molecule has 1 aliphatic heterocycles. The summed E-state index contributed by atoms with van der Waals surface area (Å²) in [5, 5.41) is 4.32. The number of hydrogen-bond donors (Lipinski definition) is 1. The molecule has 0 fully saturated rings. The number of nitrogens with zero attached hydrogens (tertiary/aromatic N) is 3. The second-order valence-electron chi connectivity index (χ2n) is 8.69. The quantitative estimate of drug-likeness (QED) is 0.335. The summed E-state index contributed by atoms with van der Waals surface area (Å²) in [6.45, 7) is 1.90. The minimum atomic E-state index is -0.710. The Morgan fingerprint density at radius 1 is 1.13 bits per heavy atom. The van der Waals surface area contributed by atoms with Gasteiger partial charge in [-0.2, -0.15) is 0 Å². The summed E-state index contributed by atoms with van der Waals surface area (Å²) < 4.78 is 29.9. The molecule has 38 heavy (non-hydrogen) atoms. The van der Waals surface area contributed by atoms with Gasteiger partial charge in [0, 0.05) is 30.5 Å². The second-order valence-corrected chi connectivity index (χ2v) is 8.69. The lowest BCUT2D eigenvalue weighted by atomic mass is 10.0. The number of hydrogen-bond acceptors (Lipinski definition) is 6. The summed E-state index contributed by atoms with van der Waals surface area (Å²) in [5.74, 6) is -1.29. The Kier molecular flexibility index (Phi) is 5.64. The number of carbonyl (C=O) groups is 2. The third-order valence-corrected chi connectivity index (χ3v) is 6.41. The van der Waals surface area contributed by atoms with Crippen molar-refractivity contribution in [2.75, 3.05) is 13.2 Å². The summed E-state index contributed by atoms with van der Waals surface area (Å²) in [5.41, 5.74) is 0.183. The minimum absolute atomic E-state index is 0.0157. The summed E-state index contributed by atoms with van der Waals surface area (Å²) in [7, 11) is 0. The standard InChI is InChI=1S/C28H21FN4O5/c1-2-37-22(34)9-10-31-28(36)19-14-33-23-17-6-4-3-5-16(17)7-8-21(23)38-27-24(33)18(26(19)35)13-20(29)25(27)32-12-11-30-15-32/h3-8,11-15H,2,9-10H2,1H3,(H,31,36). The highest BCUT2D eigenvalue weighted by atomic mass is 19.1. The van der Waals surface area contributed by atoms with Crippen LogP contribution in [0.2, 0.25) is 0 Å². The monoisotopic (exact) mass is 512 g/mol. The van der Waals surface area contributed by atoms with Crippen LogP contribution in [0.3, 0.4) is 0 Å². The molecule has 1 aliphatic rings. The Bertz CT molecular complexity index is 1810. The van der Waals surface area contributed by atoms with Crippen LogP contribution in [0.1, 0.15) is 23.7 Å². The maximum atomic E-state index is 15.6. The molecule has 0 saturated carbocycles. The zero-order chi connectivity index (χ0) is 26.4. The molecular weight excluding hydrogens is 491 g/mol. The van der Waals surface area contributed by atoms with Gasteiger partial charge in [-0.05, 0) is 24.4 Å². The molecule has 3 heterocycles. The van der Waals surface area contributed by atoms with Gasteiger partial charge in [-0.25, -0.2) is 9.37 Å². The molecule has 5 aromatic rings. The number of halogens is 1. The third kappa shape index (κ3) is 3.69. The molecular formula is C28H21FN4O5. The molecule has 9 nitrogen and oxygen atoms in total. The minimum Gasteiger partial charge on any atom is -0.466 e. The van der Waals surface area contributed by atoms with Gasteiger partial charge in [0.15, 0.2) is 17.3 Å². The largest absolute Gasteiger partial charge is 0.466 e. The summed E-state index contributed by atoms with van der Waals surface area (Å²) in [6, 6.07) is 12.4. The van der Waals surface area contributed by atoms with Gasteiger partial charge in [0.25, 0.3) is 5.91 Å². The van der Waals surface area contributed by atoms with Crippen LogP contribution in [-0.2, 0) is 9.53 Å². The van der Waals surface area contributed by atoms with Crippen LogP contribution >= 0.6 is 0 Å². The van der Waals surface area contributed by atoms with E-state index < -0.39 is 23.1 Å². The second kappa shape index (κ2) is 9.15. The molecule has 0 unspecified atom stereocenters. The Hall–Kier alpha value is -4.99. The topological polar surface area (TPSA) is 104 Å². The van der Waals surface area contributed by atoms with E-state index in [9.17, 15) is 14.4 Å². The van der Waals surface area contributed by atoms with Crippen molar-refractivity contribution in [3.63, 3.8) is 0 Å². The van der Waals surface area contributed by atoms with Gasteiger partial charge in [-0.1, -0.05) is 30.3 Å². The van der Waals surface area contributed by atoms with Gasteiger partial charge < -0.3 is 23.9 Å². The number of benzene rings is 3. The van der Waals surface area contributed by atoms with Crippen LogP contribution in [0.25, 0.3) is 33.1 Å². The molecule has 0 bridgehead atoms. The zero-order valence-electron chi connectivity index (χ0n) is 20.2. The fourth-order valence-electron chi connectivity index (χ4n) is 4.77. The Morgan fingerprint density at radius 3 is 2.76 bits per heavy atom. The molecule has 0 radical (unpaired) electrons. The fraction of sp³-hybridized carbons (Fsp3) is 0.143. The van der Waals surface area contributed by atoms with Crippen molar-refractivity contribution < 1.29 is 23.5 Å². The van der Waals surface area contributed by atoms with Crippen LogP contribution in [0.15, 0.2) is 72.2 Å². The zero-order valence-corrected chi connectivity index (χ0v) is 20.2. The highest BCUT2D eigenvalue weighted by Crippen LogP contribution is 2.46. The highest BCUT2D eigenvalue weighted by Gasteiger charge is 2.30. The van der Waals surface area contributed by atoms with Gasteiger partial charge in [-0.3, -0.25) is 14.4 Å². The van der Waals surface area contributed by atoms with E-state index in [2.05, 4.69) is 10.3 Å². The van der Waals surface area contributed by atoms with Crippen LogP contribution in [0, 0.1) is 5.82 Å². The number of amides is 1. The van der Waals surface area contributed by atoms with Gasteiger partial charge in [0.05, 0.1) is 30.4 Å². The average molecular weight is 512 g/mol. The summed E-state index contributed by atoms with van der Waals surface area (Å²) >= 11 is 0. The number of ether oxygens (including phenoxy) is 2. The molecule has 190 valence electrons. The highest BCUT2D eigenvalue weighted by molar-refractivity contribution is 6.03. The first-order valence-electron chi connectivity index (χ1n) is 12.0. The maximum absolute atomic E-state index is 15.6. The molecule has 0 spiro atoms. The first-order valence-corrected chi connectivity index (χ1v) is 12.0. The van der Waals surface area contributed by atoms with Crippen LogP contribution in [-0.4, -0.2) is 39.1 Å². The molecule has 0 saturated heterocycles. The molecule has 2 aromatic heterocycles. The predicted molar refractivity (Wildman–Crippen MR) is 138 cm³/mol. The number of rotatable bonds is 6. The van der Waals surface area contributed by atoms with E-state index in [4.69, 9.17) is 9.47 Å². The van der Waals surface area contributed by atoms with Gasteiger partial charge in [-0.15, -0.1) is 0 Å². The number of fused-ring (bicyclic) bond motifs is 4. The first kappa shape index (κ1) is 23.4. The maximum Gasteiger partial charge on any atom is 0.307 e. The summed E-state index contributed by atoms with van der Waals surface area (Å²) in [6.07, 6.45) is 5.92. The molecule has 6 rings (SSSR count). The normalized spacial score (nSPS) is 11.7. The number of esters is 1. The van der Waals surface area contributed by atoms with Gasteiger partial charge >= 0.3 is 5.97 Å². The number of pyridine rings is 1. The number of nitrogens with one attached hydrogen (secondary N) is 1.